The van der Waals surface area contributed by atoms with Gasteiger partial charge in [0.1, 0.15) is 4.90 Å². The Morgan fingerprint density at radius 1 is 0.963 bits per heavy atom. The summed E-state index contributed by atoms with van der Waals surface area (Å²) < 4.78 is 31.6. The Bertz CT molecular complexity index is 1220. The Hall–Kier alpha value is -3.20. The maximum atomic E-state index is 12.8. The molecular formula is C18H18N6O2S. The molecule has 1 N–H and O–H groups in total. The van der Waals surface area contributed by atoms with Gasteiger partial charge in [0.05, 0.1) is 35.0 Å². The lowest BCUT2D eigenvalue weighted by Crippen LogP contribution is -2.14. The van der Waals surface area contributed by atoms with Crippen molar-refractivity contribution < 1.29 is 8.42 Å². The molecule has 0 radical (unpaired) electrons. The van der Waals surface area contributed by atoms with E-state index in [-0.39, 0.29) is 4.90 Å². The summed E-state index contributed by atoms with van der Waals surface area (Å²) in [5, 5.41) is 9.23. The first-order valence-corrected chi connectivity index (χ1v) is 9.74. The maximum Gasteiger partial charge on any atom is 0.263 e. The number of aryl methyl sites for hydroxylation is 3. The third kappa shape index (κ3) is 2.95. The summed E-state index contributed by atoms with van der Waals surface area (Å²) in [5.74, 6) is 0. The van der Waals surface area contributed by atoms with Crippen LogP contribution in [0.15, 0.2) is 53.8 Å². The zero-order chi connectivity index (χ0) is 19.2. The predicted octanol–water partition coefficient (Wildman–Crippen LogP) is 2.48. The molecule has 0 unspecified atom stereocenters. The molecular weight excluding hydrogens is 364 g/mol. The monoisotopic (exact) mass is 382 g/mol. The summed E-state index contributed by atoms with van der Waals surface area (Å²) >= 11 is 0. The molecule has 9 heteroatoms. The van der Waals surface area contributed by atoms with Gasteiger partial charge in [0.15, 0.2) is 0 Å². The highest BCUT2D eigenvalue weighted by Crippen LogP contribution is 2.26. The van der Waals surface area contributed by atoms with E-state index in [1.807, 2.05) is 20.0 Å². The third-order valence-electron chi connectivity index (χ3n) is 4.42. The predicted molar refractivity (Wildman–Crippen MR) is 103 cm³/mol. The van der Waals surface area contributed by atoms with Gasteiger partial charge in [-0.05, 0) is 30.7 Å². The molecule has 27 heavy (non-hydrogen) atoms. The lowest BCUT2D eigenvalue weighted by molar-refractivity contribution is 0.601. The third-order valence-corrected chi connectivity index (χ3v) is 5.77. The molecule has 8 nitrogen and oxygen atoms in total. The molecule has 0 aliphatic heterocycles. The van der Waals surface area contributed by atoms with E-state index in [0.29, 0.717) is 11.4 Å². The van der Waals surface area contributed by atoms with Crippen LogP contribution in [-0.4, -0.2) is 33.0 Å². The first-order chi connectivity index (χ1) is 12.9. The molecule has 0 saturated heterocycles. The van der Waals surface area contributed by atoms with Crippen molar-refractivity contribution in [2.24, 2.45) is 14.1 Å². The van der Waals surface area contributed by atoms with E-state index in [4.69, 9.17) is 0 Å². The topological polar surface area (TPSA) is 94.7 Å². The Morgan fingerprint density at radius 3 is 2.41 bits per heavy atom. The van der Waals surface area contributed by atoms with Gasteiger partial charge in [0.25, 0.3) is 10.0 Å². The minimum atomic E-state index is -3.78. The molecule has 0 spiro atoms. The van der Waals surface area contributed by atoms with Crippen molar-refractivity contribution >= 4 is 26.6 Å². The molecule has 3 heterocycles. The number of aromatic nitrogens is 5. The van der Waals surface area contributed by atoms with E-state index in [9.17, 15) is 8.42 Å². The van der Waals surface area contributed by atoms with Crippen molar-refractivity contribution in [3.8, 4) is 11.4 Å². The fraction of sp³-hybridized carbons (Fsp3) is 0.167. The Morgan fingerprint density at radius 2 is 1.74 bits per heavy atom. The molecule has 1 aromatic carbocycles. The number of nitrogens with one attached hydrogen (secondary N) is 1. The van der Waals surface area contributed by atoms with E-state index in [2.05, 4.69) is 19.9 Å². The summed E-state index contributed by atoms with van der Waals surface area (Å²) in [5.41, 5.74) is 3.68. The van der Waals surface area contributed by atoms with Gasteiger partial charge in [-0.3, -0.25) is 19.1 Å². The van der Waals surface area contributed by atoms with Crippen molar-refractivity contribution in [1.29, 1.82) is 0 Å². The van der Waals surface area contributed by atoms with Crippen molar-refractivity contribution in [2.75, 3.05) is 4.72 Å². The fourth-order valence-electron chi connectivity index (χ4n) is 3.11. The highest BCUT2D eigenvalue weighted by atomic mass is 32.2. The average molecular weight is 382 g/mol. The fourth-order valence-corrected chi connectivity index (χ4v) is 4.12. The molecule has 3 aromatic heterocycles. The molecule has 0 fully saturated rings. The van der Waals surface area contributed by atoms with Gasteiger partial charge in [0, 0.05) is 25.7 Å². The van der Waals surface area contributed by atoms with Crippen molar-refractivity contribution in [3.05, 3.63) is 54.5 Å². The molecule has 138 valence electrons. The van der Waals surface area contributed by atoms with E-state index >= 15 is 0 Å². The number of hydrogen-bond donors (Lipinski definition) is 1. The number of rotatable bonds is 4. The van der Waals surface area contributed by atoms with Crippen LogP contribution in [0.5, 0.6) is 0 Å². The van der Waals surface area contributed by atoms with E-state index < -0.39 is 10.0 Å². The molecule has 0 aliphatic carbocycles. The van der Waals surface area contributed by atoms with Gasteiger partial charge in [-0.2, -0.15) is 10.2 Å². The Balaban J connectivity index is 1.69. The van der Waals surface area contributed by atoms with Crippen LogP contribution in [0.25, 0.3) is 22.3 Å². The summed E-state index contributed by atoms with van der Waals surface area (Å²) in [6.07, 6.45) is 4.80. The summed E-state index contributed by atoms with van der Waals surface area (Å²) in [6, 6.07) is 8.60. The highest BCUT2D eigenvalue weighted by molar-refractivity contribution is 7.92. The number of benzene rings is 1. The van der Waals surface area contributed by atoms with Gasteiger partial charge < -0.3 is 0 Å². The molecule has 4 rings (SSSR count). The SMILES string of the molecule is Cc1cnn(C)c1-c1ccc(S(=O)(=O)Nc2cccc3cnn(C)c23)cn1. The van der Waals surface area contributed by atoms with Crippen molar-refractivity contribution in [2.45, 2.75) is 11.8 Å². The van der Waals surface area contributed by atoms with Crippen LogP contribution in [0.2, 0.25) is 0 Å². The molecule has 0 saturated carbocycles. The second-order valence-corrected chi connectivity index (χ2v) is 7.98. The zero-order valence-electron chi connectivity index (χ0n) is 15.1. The Kier molecular flexibility index (Phi) is 3.96. The number of hydrogen-bond acceptors (Lipinski definition) is 5. The average Bonchev–Trinajstić information content (AvgIpc) is 3.18. The van der Waals surface area contributed by atoms with Crippen LogP contribution in [-0.2, 0) is 24.1 Å². The van der Waals surface area contributed by atoms with Gasteiger partial charge in [-0.1, -0.05) is 12.1 Å². The van der Waals surface area contributed by atoms with Gasteiger partial charge in [-0.25, -0.2) is 8.42 Å². The van der Waals surface area contributed by atoms with Crippen LogP contribution in [0.1, 0.15) is 5.56 Å². The minimum absolute atomic E-state index is 0.0882. The van der Waals surface area contributed by atoms with E-state index in [1.165, 1.54) is 6.20 Å². The summed E-state index contributed by atoms with van der Waals surface area (Å²) in [7, 11) is -0.187. The number of nitrogens with zero attached hydrogens (tertiary/aromatic N) is 5. The van der Waals surface area contributed by atoms with Crippen molar-refractivity contribution in [3.63, 3.8) is 0 Å². The second kappa shape index (κ2) is 6.20. The first-order valence-electron chi connectivity index (χ1n) is 8.25. The number of sulfonamides is 1. The molecule has 0 amide bonds. The smallest absolute Gasteiger partial charge is 0.263 e. The standard InChI is InChI=1S/C18H18N6O2S/c1-12-9-20-23(2)17(12)15-8-7-14(11-19-15)27(25,26)22-16-6-4-5-13-10-21-24(3)18(13)16/h4-11,22H,1-3H3. The van der Waals surface area contributed by atoms with Crippen LogP contribution < -0.4 is 4.72 Å². The molecule has 0 atom stereocenters. The highest BCUT2D eigenvalue weighted by Gasteiger charge is 2.18. The molecule has 0 aliphatic rings. The number of pyridine rings is 1. The normalized spacial score (nSPS) is 11.8. The van der Waals surface area contributed by atoms with Crippen molar-refractivity contribution in [1.82, 2.24) is 24.5 Å². The quantitative estimate of drug-likeness (QED) is 0.585. The van der Waals surface area contributed by atoms with Gasteiger partial charge in [0.2, 0.25) is 0 Å². The number of anilines is 1. The summed E-state index contributed by atoms with van der Waals surface area (Å²) in [4.78, 5) is 4.41. The lowest BCUT2D eigenvalue weighted by Gasteiger charge is -2.10. The van der Waals surface area contributed by atoms with Crippen LogP contribution in [0, 0.1) is 6.92 Å². The van der Waals surface area contributed by atoms with Gasteiger partial charge >= 0.3 is 0 Å². The zero-order valence-corrected chi connectivity index (χ0v) is 15.9. The number of fused-ring (bicyclic) bond motifs is 1. The maximum absolute atomic E-state index is 12.8. The van der Waals surface area contributed by atoms with Crippen LogP contribution in [0.4, 0.5) is 5.69 Å². The van der Waals surface area contributed by atoms with E-state index in [1.54, 1.807) is 53.1 Å². The first kappa shape index (κ1) is 17.2. The number of para-hydroxylation sites is 1. The minimum Gasteiger partial charge on any atom is -0.277 e. The van der Waals surface area contributed by atoms with Gasteiger partial charge in [-0.15, -0.1) is 0 Å². The van der Waals surface area contributed by atoms with Crippen LogP contribution in [0.3, 0.4) is 0 Å². The van der Waals surface area contributed by atoms with Crippen LogP contribution >= 0.6 is 0 Å². The van der Waals surface area contributed by atoms with E-state index in [0.717, 1.165) is 22.2 Å². The lowest BCUT2D eigenvalue weighted by atomic mass is 10.2. The summed E-state index contributed by atoms with van der Waals surface area (Å²) in [6.45, 7) is 1.94. The Labute approximate surface area is 156 Å². The largest absolute Gasteiger partial charge is 0.277 e. The molecule has 0 bridgehead atoms. The molecule has 4 aromatic rings. The second-order valence-electron chi connectivity index (χ2n) is 6.30.